The average molecular weight is 238 g/mol. The lowest BCUT2D eigenvalue weighted by atomic mass is 9.94. The summed E-state index contributed by atoms with van der Waals surface area (Å²) in [7, 11) is 0. The molecule has 3 nitrogen and oxygen atoms in total. The number of rotatable bonds is 2. The monoisotopic (exact) mass is 238 g/mol. The van der Waals surface area contributed by atoms with Crippen molar-refractivity contribution < 1.29 is 4.79 Å². The SMILES string of the molecule is CC1CCN(C(=O)C2CCN(C(C)C)CC2)C1. The van der Waals surface area contributed by atoms with Crippen LogP contribution in [0.4, 0.5) is 0 Å². The quantitative estimate of drug-likeness (QED) is 0.734. The van der Waals surface area contributed by atoms with Gasteiger partial charge in [0.1, 0.15) is 0 Å². The van der Waals surface area contributed by atoms with E-state index in [0.29, 0.717) is 23.8 Å². The van der Waals surface area contributed by atoms with Gasteiger partial charge in [-0.3, -0.25) is 4.79 Å². The van der Waals surface area contributed by atoms with Crippen LogP contribution in [0.2, 0.25) is 0 Å². The molecule has 0 aromatic rings. The van der Waals surface area contributed by atoms with E-state index in [2.05, 4.69) is 30.6 Å². The molecule has 2 saturated heterocycles. The molecular formula is C14H26N2O. The van der Waals surface area contributed by atoms with E-state index in [4.69, 9.17) is 0 Å². The first-order valence-electron chi connectivity index (χ1n) is 7.10. The molecular weight excluding hydrogens is 212 g/mol. The molecule has 0 aromatic carbocycles. The maximum Gasteiger partial charge on any atom is 0.225 e. The topological polar surface area (TPSA) is 23.6 Å². The van der Waals surface area contributed by atoms with Crippen molar-refractivity contribution in [1.29, 1.82) is 0 Å². The van der Waals surface area contributed by atoms with Gasteiger partial charge in [0, 0.05) is 25.0 Å². The van der Waals surface area contributed by atoms with E-state index in [-0.39, 0.29) is 0 Å². The second-order valence-corrected chi connectivity index (χ2v) is 6.08. The fourth-order valence-electron chi connectivity index (χ4n) is 3.06. The molecule has 0 bridgehead atoms. The zero-order valence-corrected chi connectivity index (χ0v) is 11.5. The molecule has 1 atom stereocenters. The Morgan fingerprint density at radius 3 is 2.24 bits per heavy atom. The standard InChI is InChI=1S/C14H26N2O/c1-11(2)15-8-5-13(6-9-15)14(17)16-7-4-12(3)10-16/h11-13H,4-10H2,1-3H3. The van der Waals surface area contributed by atoms with Crippen LogP contribution in [0.15, 0.2) is 0 Å². The van der Waals surface area contributed by atoms with Crippen LogP contribution in [0.5, 0.6) is 0 Å². The minimum Gasteiger partial charge on any atom is -0.342 e. The number of amides is 1. The van der Waals surface area contributed by atoms with Crippen LogP contribution >= 0.6 is 0 Å². The van der Waals surface area contributed by atoms with Gasteiger partial charge in [-0.15, -0.1) is 0 Å². The molecule has 1 amide bonds. The molecule has 98 valence electrons. The smallest absolute Gasteiger partial charge is 0.225 e. The summed E-state index contributed by atoms with van der Waals surface area (Å²) < 4.78 is 0. The first-order chi connectivity index (χ1) is 8.08. The van der Waals surface area contributed by atoms with E-state index in [1.165, 1.54) is 6.42 Å². The lowest BCUT2D eigenvalue weighted by molar-refractivity contribution is -0.136. The minimum atomic E-state index is 0.301. The molecule has 0 spiro atoms. The molecule has 1 unspecified atom stereocenters. The molecule has 0 aliphatic carbocycles. The van der Waals surface area contributed by atoms with Gasteiger partial charge in [0.05, 0.1) is 0 Å². The van der Waals surface area contributed by atoms with Crippen molar-refractivity contribution in [3.63, 3.8) is 0 Å². The van der Waals surface area contributed by atoms with Crippen molar-refractivity contribution >= 4 is 5.91 Å². The summed E-state index contributed by atoms with van der Waals surface area (Å²) in [5.41, 5.74) is 0. The molecule has 3 heteroatoms. The third-order valence-corrected chi connectivity index (χ3v) is 4.34. The van der Waals surface area contributed by atoms with Crippen LogP contribution in [0.1, 0.15) is 40.0 Å². The molecule has 2 fully saturated rings. The van der Waals surface area contributed by atoms with Gasteiger partial charge in [-0.2, -0.15) is 0 Å². The molecule has 0 radical (unpaired) electrons. The number of hydrogen-bond donors (Lipinski definition) is 0. The van der Waals surface area contributed by atoms with Gasteiger partial charge in [-0.05, 0) is 52.1 Å². The van der Waals surface area contributed by atoms with Gasteiger partial charge in [-0.1, -0.05) is 6.92 Å². The molecule has 2 rings (SSSR count). The van der Waals surface area contributed by atoms with Crippen molar-refractivity contribution in [2.75, 3.05) is 26.2 Å². The number of piperidine rings is 1. The average Bonchev–Trinajstić information content (AvgIpc) is 2.75. The highest BCUT2D eigenvalue weighted by atomic mass is 16.2. The van der Waals surface area contributed by atoms with Crippen molar-refractivity contribution in [3.05, 3.63) is 0 Å². The van der Waals surface area contributed by atoms with Crippen LogP contribution in [0.25, 0.3) is 0 Å². The third-order valence-electron chi connectivity index (χ3n) is 4.34. The van der Waals surface area contributed by atoms with Gasteiger partial charge in [0.15, 0.2) is 0 Å². The number of nitrogens with zero attached hydrogens (tertiary/aromatic N) is 2. The van der Waals surface area contributed by atoms with Gasteiger partial charge in [-0.25, -0.2) is 0 Å². The Balaban J connectivity index is 1.82. The number of carbonyl (C=O) groups is 1. The first-order valence-corrected chi connectivity index (χ1v) is 7.10. The molecule has 2 aliphatic rings. The van der Waals surface area contributed by atoms with E-state index in [1.54, 1.807) is 0 Å². The van der Waals surface area contributed by atoms with Crippen molar-refractivity contribution in [3.8, 4) is 0 Å². The highest BCUT2D eigenvalue weighted by Crippen LogP contribution is 2.24. The summed E-state index contributed by atoms with van der Waals surface area (Å²) in [6.07, 6.45) is 3.31. The Hall–Kier alpha value is -0.570. The van der Waals surface area contributed by atoms with Crippen molar-refractivity contribution in [1.82, 2.24) is 9.80 Å². The first kappa shape index (κ1) is 12.9. The van der Waals surface area contributed by atoms with E-state index >= 15 is 0 Å². The Bertz CT molecular complexity index is 269. The largest absolute Gasteiger partial charge is 0.342 e. The minimum absolute atomic E-state index is 0.301. The third kappa shape index (κ3) is 3.01. The molecule has 2 aliphatic heterocycles. The summed E-state index contributed by atoms with van der Waals surface area (Å²) in [6, 6.07) is 0.623. The van der Waals surface area contributed by atoms with Crippen molar-refractivity contribution in [2.24, 2.45) is 11.8 Å². The lowest BCUT2D eigenvalue weighted by Crippen LogP contribution is -2.43. The summed E-state index contributed by atoms with van der Waals surface area (Å²) in [6.45, 7) is 10.9. The van der Waals surface area contributed by atoms with Crippen LogP contribution in [0.3, 0.4) is 0 Å². The Kier molecular flexibility index (Phi) is 4.08. The molecule has 2 heterocycles. The maximum atomic E-state index is 12.3. The number of carbonyl (C=O) groups excluding carboxylic acids is 1. The molecule has 0 N–H and O–H groups in total. The second kappa shape index (κ2) is 5.38. The zero-order valence-electron chi connectivity index (χ0n) is 11.5. The summed E-state index contributed by atoms with van der Waals surface area (Å²) in [4.78, 5) is 16.9. The van der Waals surface area contributed by atoms with E-state index < -0.39 is 0 Å². The predicted molar refractivity (Wildman–Crippen MR) is 69.8 cm³/mol. The van der Waals surface area contributed by atoms with Crippen LogP contribution in [-0.4, -0.2) is 47.9 Å². The predicted octanol–water partition coefficient (Wildman–Crippen LogP) is 1.98. The van der Waals surface area contributed by atoms with E-state index in [1.807, 2.05) is 0 Å². The van der Waals surface area contributed by atoms with Crippen LogP contribution < -0.4 is 0 Å². The fourth-order valence-corrected chi connectivity index (χ4v) is 3.06. The second-order valence-electron chi connectivity index (χ2n) is 6.08. The Morgan fingerprint density at radius 1 is 1.12 bits per heavy atom. The maximum absolute atomic E-state index is 12.3. The summed E-state index contributed by atoms with van der Waals surface area (Å²) >= 11 is 0. The van der Waals surface area contributed by atoms with E-state index in [9.17, 15) is 4.79 Å². The molecule has 0 saturated carbocycles. The van der Waals surface area contributed by atoms with Crippen molar-refractivity contribution in [2.45, 2.75) is 46.1 Å². The molecule has 0 aromatic heterocycles. The number of hydrogen-bond acceptors (Lipinski definition) is 2. The molecule has 17 heavy (non-hydrogen) atoms. The zero-order chi connectivity index (χ0) is 12.4. The lowest BCUT2D eigenvalue weighted by Gasteiger charge is -2.35. The summed E-state index contributed by atoms with van der Waals surface area (Å²) in [5.74, 6) is 1.43. The normalized spacial score (nSPS) is 28.0. The highest BCUT2D eigenvalue weighted by Gasteiger charge is 2.31. The van der Waals surface area contributed by atoms with E-state index in [0.717, 1.165) is 39.0 Å². The Labute approximate surface area is 105 Å². The van der Waals surface area contributed by atoms with Gasteiger partial charge in [0.25, 0.3) is 0 Å². The number of likely N-dealkylation sites (tertiary alicyclic amines) is 2. The highest BCUT2D eigenvalue weighted by molar-refractivity contribution is 5.79. The van der Waals surface area contributed by atoms with Gasteiger partial charge in [0.2, 0.25) is 5.91 Å². The van der Waals surface area contributed by atoms with Gasteiger partial charge < -0.3 is 9.80 Å². The van der Waals surface area contributed by atoms with Crippen LogP contribution in [-0.2, 0) is 4.79 Å². The summed E-state index contributed by atoms with van der Waals surface area (Å²) in [5, 5.41) is 0. The Morgan fingerprint density at radius 2 is 1.76 bits per heavy atom. The fraction of sp³-hybridized carbons (Fsp3) is 0.929. The van der Waals surface area contributed by atoms with Crippen LogP contribution in [0, 0.1) is 11.8 Å². The van der Waals surface area contributed by atoms with Gasteiger partial charge >= 0.3 is 0 Å².